The van der Waals surface area contributed by atoms with Gasteiger partial charge in [0, 0.05) is 24.3 Å². The van der Waals surface area contributed by atoms with Crippen molar-refractivity contribution in [3.8, 4) is 0 Å². The summed E-state index contributed by atoms with van der Waals surface area (Å²) in [5, 5.41) is 14.4. The molecule has 2 aromatic carbocycles. The van der Waals surface area contributed by atoms with Gasteiger partial charge in [0.05, 0.1) is 10.5 Å². The minimum Gasteiger partial charge on any atom is -0.452 e. The van der Waals surface area contributed by atoms with E-state index >= 15 is 0 Å². The average Bonchev–Trinajstić information content (AvgIpc) is 3.54. The number of esters is 1. The van der Waals surface area contributed by atoms with Gasteiger partial charge in [-0.15, -0.1) is 6.58 Å². The van der Waals surface area contributed by atoms with Crippen molar-refractivity contribution < 1.29 is 19.2 Å². The van der Waals surface area contributed by atoms with Crippen LogP contribution in [0.3, 0.4) is 0 Å². The molecule has 1 saturated carbocycles. The number of anilines is 2. The van der Waals surface area contributed by atoms with E-state index in [1.54, 1.807) is 30.3 Å². The molecule has 1 aliphatic carbocycles. The minimum atomic E-state index is -0.800. The van der Waals surface area contributed by atoms with Crippen molar-refractivity contribution in [2.75, 3.05) is 23.4 Å². The summed E-state index contributed by atoms with van der Waals surface area (Å²) in [6.45, 7) is 3.41. The number of nitro groups is 1. The molecule has 150 valence electrons. The Balaban J connectivity index is 1.67. The van der Waals surface area contributed by atoms with Crippen LogP contribution in [-0.4, -0.2) is 36.0 Å². The van der Waals surface area contributed by atoms with Crippen LogP contribution in [0.2, 0.25) is 0 Å². The number of amides is 1. The Hall–Kier alpha value is -3.68. The molecule has 0 bridgehead atoms. The van der Waals surface area contributed by atoms with Crippen LogP contribution in [0, 0.1) is 10.1 Å². The Kier molecular flexibility index (Phi) is 6.23. The molecule has 0 aliphatic heterocycles. The lowest BCUT2D eigenvalue weighted by molar-refractivity contribution is -0.384. The lowest BCUT2D eigenvalue weighted by atomic mass is 10.1. The molecule has 1 amide bonds. The van der Waals surface area contributed by atoms with Crippen molar-refractivity contribution in [1.82, 2.24) is 0 Å². The Bertz CT molecular complexity index is 925. The van der Waals surface area contributed by atoms with Crippen molar-refractivity contribution >= 4 is 28.9 Å². The van der Waals surface area contributed by atoms with Crippen LogP contribution in [0.15, 0.2) is 61.2 Å². The molecule has 3 rings (SSSR count). The highest BCUT2D eigenvalue weighted by Crippen LogP contribution is 2.31. The zero-order valence-electron chi connectivity index (χ0n) is 15.7. The third-order valence-electron chi connectivity index (χ3n) is 4.37. The van der Waals surface area contributed by atoms with Gasteiger partial charge in [-0.05, 0) is 37.1 Å². The van der Waals surface area contributed by atoms with Crippen LogP contribution in [0.1, 0.15) is 23.2 Å². The second kappa shape index (κ2) is 9.01. The van der Waals surface area contributed by atoms with E-state index in [1.807, 2.05) is 6.07 Å². The van der Waals surface area contributed by atoms with Gasteiger partial charge in [0.15, 0.2) is 6.61 Å². The molecule has 2 aromatic rings. The second-order valence-corrected chi connectivity index (χ2v) is 6.61. The number of rotatable bonds is 9. The van der Waals surface area contributed by atoms with E-state index in [1.165, 1.54) is 17.0 Å². The van der Waals surface area contributed by atoms with Crippen molar-refractivity contribution in [2.24, 2.45) is 0 Å². The quantitative estimate of drug-likeness (QED) is 0.302. The highest BCUT2D eigenvalue weighted by molar-refractivity contribution is 5.97. The number of carbonyl (C=O) groups is 2. The zero-order valence-corrected chi connectivity index (χ0v) is 15.7. The first-order chi connectivity index (χ1) is 14.0. The third-order valence-corrected chi connectivity index (χ3v) is 4.37. The summed E-state index contributed by atoms with van der Waals surface area (Å²) in [4.78, 5) is 37.1. The molecule has 0 radical (unpaired) electrons. The normalized spacial score (nSPS) is 12.7. The number of carbonyl (C=O) groups excluding carboxylic acids is 2. The Morgan fingerprint density at radius 2 is 1.97 bits per heavy atom. The molecule has 0 aromatic heterocycles. The molecule has 1 aliphatic rings. The third kappa shape index (κ3) is 5.19. The maximum Gasteiger partial charge on any atom is 0.338 e. The van der Waals surface area contributed by atoms with Gasteiger partial charge >= 0.3 is 5.97 Å². The largest absolute Gasteiger partial charge is 0.452 e. The second-order valence-electron chi connectivity index (χ2n) is 6.61. The van der Waals surface area contributed by atoms with E-state index in [4.69, 9.17) is 4.74 Å². The first-order valence-corrected chi connectivity index (χ1v) is 9.18. The highest BCUT2D eigenvalue weighted by Gasteiger charge is 2.26. The molecule has 0 saturated heterocycles. The Labute approximate surface area is 167 Å². The van der Waals surface area contributed by atoms with Gasteiger partial charge < -0.3 is 15.0 Å². The molecule has 29 heavy (non-hydrogen) atoms. The molecule has 0 spiro atoms. The summed E-state index contributed by atoms with van der Waals surface area (Å²) in [7, 11) is 0. The SMILES string of the molecule is C=CCN(C(=O)COC(=O)c1ccc(NC2CC2)c([N+](=O)[O-])c1)c1ccccc1. The van der Waals surface area contributed by atoms with Crippen LogP contribution in [0.4, 0.5) is 17.1 Å². The van der Waals surface area contributed by atoms with Gasteiger partial charge in [-0.1, -0.05) is 24.3 Å². The molecule has 1 fully saturated rings. The topological polar surface area (TPSA) is 102 Å². The summed E-state index contributed by atoms with van der Waals surface area (Å²) in [6.07, 6.45) is 3.50. The van der Waals surface area contributed by atoms with Gasteiger partial charge in [-0.25, -0.2) is 4.79 Å². The van der Waals surface area contributed by atoms with E-state index in [0.717, 1.165) is 18.9 Å². The molecule has 1 N–H and O–H groups in total. The van der Waals surface area contributed by atoms with Crippen LogP contribution >= 0.6 is 0 Å². The van der Waals surface area contributed by atoms with E-state index < -0.39 is 23.4 Å². The Morgan fingerprint density at radius 1 is 1.24 bits per heavy atom. The Morgan fingerprint density at radius 3 is 2.59 bits per heavy atom. The van der Waals surface area contributed by atoms with Crippen LogP contribution < -0.4 is 10.2 Å². The monoisotopic (exact) mass is 395 g/mol. The van der Waals surface area contributed by atoms with Gasteiger partial charge in [0.1, 0.15) is 5.69 Å². The van der Waals surface area contributed by atoms with Gasteiger partial charge in [-0.2, -0.15) is 0 Å². The van der Waals surface area contributed by atoms with Crippen LogP contribution in [0.25, 0.3) is 0 Å². The van der Waals surface area contributed by atoms with Gasteiger partial charge in [0.25, 0.3) is 11.6 Å². The lowest BCUT2D eigenvalue weighted by Crippen LogP contribution is -2.34. The highest BCUT2D eigenvalue weighted by atomic mass is 16.6. The first-order valence-electron chi connectivity index (χ1n) is 9.18. The summed E-state index contributed by atoms with van der Waals surface area (Å²) in [5.74, 6) is -1.22. The fraction of sp³-hybridized carbons (Fsp3) is 0.238. The predicted octanol–water partition coefficient (Wildman–Crippen LogP) is 3.55. The standard InChI is InChI=1S/C21H21N3O5/c1-2-12-23(17-6-4-3-5-7-17)20(25)14-29-21(26)15-8-11-18(22-16-9-10-16)19(13-15)24(27)28/h2-8,11,13,16,22H,1,9-10,12,14H2. The number of nitro benzene ring substituents is 1. The smallest absolute Gasteiger partial charge is 0.338 e. The average molecular weight is 395 g/mol. The van der Waals surface area contributed by atoms with Gasteiger partial charge in [-0.3, -0.25) is 14.9 Å². The maximum absolute atomic E-state index is 12.5. The fourth-order valence-electron chi connectivity index (χ4n) is 2.76. The maximum atomic E-state index is 12.5. The van der Waals surface area contributed by atoms with Crippen molar-refractivity contribution in [3.05, 3.63) is 76.9 Å². The van der Waals surface area contributed by atoms with Gasteiger partial charge in [0.2, 0.25) is 0 Å². The molecular weight excluding hydrogens is 374 g/mol. The van der Waals surface area contributed by atoms with E-state index in [-0.39, 0.29) is 23.8 Å². The number of nitrogens with zero attached hydrogens (tertiary/aromatic N) is 2. The molecule has 8 heteroatoms. The summed E-state index contributed by atoms with van der Waals surface area (Å²) >= 11 is 0. The summed E-state index contributed by atoms with van der Waals surface area (Å²) < 4.78 is 5.10. The van der Waals surface area contributed by atoms with E-state index in [9.17, 15) is 19.7 Å². The number of ether oxygens (including phenoxy) is 1. The molecule has 8 nitrogen and oxygen atoms in total. The first kappa shape index (κ1) is 20.1. The summed E-state index contributed by atoms with van der Waals surface area (Å²) in [5.41, 5.74) is 0.835. The minimum absolute atomic E-state index is 0.0147. The zero-order chi connectivity index (χ0) is 20.8. The van der Waals surface area contributed by atoms with Crippen molar-refractivity contribution in [3.63, 3.8) is 0 Å². The number of para-hydroxylation sites is 1. The number of hydrogen-bond acceptors (Lipinski definition) is 6. The summed E-state index contributed by atoms with van der Waals surface area (Å²) in [6, 6.07) is 13.3. The number of nitrogens with one attached hydrogen (secondary N) is 1. The van der Waals surface area contributed by atoms with Crippen LogP contribution in [-0.2, 0) is 9.53 Å². The molecular formula is C21H21N3O5. The van der Waals surface area contributed by atoms with E-state index in [2.05, 4.69) is 11.9 Å². The van der Waals surface area contributed by atoms with Crippen LogP contribution in [0.5, 0.6) is 0 Å². The fourth-order valence-corrected chi connectivity index (χ4v) is 2.76. The molecule has 0 unspecified atom stereocenters. The predicted molar refractivity (Wildman–Crippen MR) is 109 cm³/mol. The van der Waals surface area contributed by atoms with E-state index in [0.29, 0.717) is 11.4 Å². The molecule has 0 atom stereocenters. The number of benzene rings is 2. The van der Waals surface area contributed by atoms with Crippen molar-refractivity contribution in [2.45, 2.75) is 18.9 Å². The van der Waals surface area contributed by atoms with Crippen molar-refractivity contribution in [1.29, 1.82) is 0 Å². The lowest BCUT2D eigenvalue weighted by Gasteiger charge is -2.21. The number of hydrogen-bond donors (Lipinski definition) is 1. The molecule has 0 heterocycles.